The zero-order chi connectivity index (χ0) is 12.3. The van der Waals surface area contributed by atoms with Crippen LogP contribution in [0.1, 0.15) is 5.69 Å². The molecular formula is C12H14BrN3O. The molecule has 0 atom stereocenters. The number of ether oxygens (including phenoxy) is 1. The molecule has 1 aromatic heterocycles. The lowest BCUT2D eigenvalue weighted by Crippen LogP contribution is -2.12. The second-order valence-corrected chi connectivity index (χ2v) is 4.49. The van der Waals surface area contributed by atoms with Crippen LogP contribution in [0.2, 0.25) is 0 Å². The fraction of sp³-hybridized carbons (Fsp3) is 0.250. The largest absolute Gasteiger partial charge is 0.453 e. The number of halogens is 1. The number of benzene rings is 1. The van der Waals surface area contributed by atoms with Crippen molar-refractivity contribution in [2.45, 2.75) is 13.5 Å². The third kappa shape index (κ3) is 2.68. The van der Waals surface area contributed by atoms with Crippen molar-refractivity contribution in [3.63, 3.8) is 0 Å². The molecule has 0 aliphatic heterocycles. The third-order valence-electron chi connectivity index (χ3n) is 2.46. The highest BCUT2D eigenvalue weighted by atomic mass is 79.9. The minimum atomic E-state index is 0.566. The van der Waals surface area contributed by atoms with E-state index in [2.05, 4.69) is 21.0 Å². The van der Waals surface area contributed by atoms with Gasteiger partial charge in [-0.25, -0.2) is 0 Å². The molecule has 0 spiro atoms. The van der Waals surface area contributed by atoms with Crippen LogP contribution in [0.4, 0.5) is 0 Å². The van der Waals surface area contributed by atoms with E-state index in [1.807, 2.05) is 35.9 Å². The van der Waals surface area contributed by atoms with Gasteiger partial charge in [0.15, 0.2) is 5.75 Å². The minimum absolute atomic E-state index is 0.566. The molecule has 2 rings (SSSR count). The number of para-hydroxylation sites is 1. The molecule has 0 aliphatic carbocycles. The smallest absolute Gasteiger partial charge is 0.168 e. The molecule has 0 amide bonds. The van der Waals surface area contributed by atoms with Gasteiger partial charge in [0.05, 0.1) is 22.9 Å². The summed E-state index contributed by atoms with van der Waals surface area (Å²) >= 11 is 3.44. The van der Waals surface area contributed by atoms with E-state index in [0.29, 0.717) is 13.1 Å². The van der Waals surface area contributed by atoms with Crippen LogP contribution in [0, 0.1) is 6.92 Å². The molecule has 0 fully saturated rings. The van der Waals surface area contributed by atoms with E-state index in [4.69, 9.17) is 10.5 Å². The van der Waals surface area contributed by atoms with Gasteiger partial charge in [-0.05, 0) is 35.0 Å². The average Bonchev–Trinajstić information content (AvgIpc) is 2.65. The summed E-state index contributed by atoms with van der Waals surface area (Å²) in [7, 11) is 0. The monoisotopic (exact) mass is 295 g/mol. The summed E-state index contributed by atoms with van der Waals surface area (Å²) in [5.41, 5.74) is 6.48. The van der Waals surface area contributed by atoms with Crippen LogP contribution in [-0.2, 0) is 6.54 Å². The van der Waals surface area contributed by atoms with Crippen molar-refractivity contribution in [3.05, 3.63) is 40.6 Å². The lowest BCUT2D eigenvalue weighted by molar-refractivity contribution is 0.472. The molecule has 0 bridgehead atoms. The first-order chi connectivity index (χ1) is 8.22. The molecule has 0 saturated heterocycles. The molecule has 0 saturated carbocycles. The van der Waals surface area contributed by atoms with Gasteiger partial charge in [0.1, 0.15) is 5.75 Å². The standard InChI is InChI=1S/C12H14BrN3O/c1-9-12(8-15-16(9)7-6-14)17-11-5-3-2-4-10(11)13/h2-5,8H,6-7,14H2,1H3. The average molecular weight is 296 g/mol. The molecule has 4 nitrogen and oxygen atoms in total. The summed E-state index contributed by atoms with van der Waals surface area (Å²) in [6.45, 7) is 3.23. The molecule has 0 unspecified atom stereocenters. The van der Waals surface area contributed by atoms with E-state index in [9.17, 15) is 0 Å². The number of hydrogen-bond donors (Lipinski definition) is 1. The van der Waals surface area contributed by atoms with E-state index in [1.54, 1.807) is 6.20 Å². The summed E-state index contributed by atoms with van der Waals surface area (Å²) in [5.74, 6) is 1.54. The van der Waals surface area contributed by atoms with Crippen LogP contribution in [0.5, 0.6) is 11.5 Å². The summed E-state index contributed by atoms with van der Waals surface area (Å²) < 4.78 is 8.56. The van der Waals surface area contributed by atoms with Gasteiger partial charge in [0.2, 0.25) is 0 Å². The van der Waals surface area contributed by atoms with E-state index in [0.717, 1.165) is 21.7 Å². The van der Waals surface area contributed by atoms with E-state index in [1.165, 1.54) is 0 Å². The van der Waals surface area contributed by atoms with E-state index >= 15 is 0 Å². The summed E-state index contributed by atoms with van der Waals surface area (Å²) in [5, 5.41) is 4.23. The number of nitrogens with two attached hydrogens (primary N) is 1. The lowest BCUT2D eigenvalue weighted by Gasteiger charge is -2.07. The Hall–Kier alpha value is -1.33. The first kappa shape index (κ1) is 12.1. The molecule has 2 N–H and O–H groups in total. The maximum atomic E-state index is 5.80. The van der Waals surface area contributed by atoms with Crippen LogP contribution < -0.4 is 10.5 Å². The fourth-order valence-corrected chi connectivity index (χ4v) is 1.89. The van der Waals surface area contributed by atoms with Crippen molar-refractivity contribution >= 4 is 15.9 Å². The molecule has 17 heavy (non-hydrogen) atoms. The predicted molar refractivity (Wildman–Crippen MR) is 70.2 cm³/mol. The summed E-state index contributed by atoms with van der Waals surface area (Å²) in [6, 6.07) is 7.72. The second kappa shape index (κ2) is 5.33. The lowest BCUT2D eigenvalue weighted by atomic mass is 10.3. The van der Waals surface area contributed by atoms with Gasteiger partial charge in [-0.3, -0.25) is 4.68 Å². The SMILES string of the molecule is Cc1c(Oc2ccccc2Br)cnn1CCN. The molecule has 0 radical (unpaired) electrons. The van der Waals surface area contributed by atoms with Gasteiger partial charge in [-0.1, -0.05) is 12.1 Å². The van der Waals surface area contributed by atoms with Crippen LogP contribution in [0.3, 0.4) is 0 Å². The Kier molecular flexibility index (Phi) is 3.81. The Morgan fingerprint density at radius 3 is 2.82 bits per heavy atom. The Labute approximate surface area is 109 Å². The van der Waals surface area contributed by atoms with Gasteiger partial charge in [-0.15, -0.1) is 0 Å². The van der Waals surface area contributed by atoms with Crippen LogP contribution >= 0.6 is 15.9 Å². The van der Waals surface area contributed by atoms with Crippen molar-refractivity contribution in [3.8, 4) is 11.5 Å². The van der Waals surface area contributed by atoms with Crippen molar-refractivity contribution in [1.29, 1.82) is 0 Å². The summed E-state index contributed by atoms with van der Waals surface area (Å²) in [4.78, 5) is 0. The van der Waals surface area contributed by atoms with Gasteiger partial charge in [0.25, 0.3) is 0 Å². The maximum Gasteiger partial charge on any atom is 0.168 e. The van der Waals surface area contributed by atoms with Gasteiger partial charge in [0, 0.05) is 6.54 Å². The number of rotatable bonds is 4. The Morgan fingerprint density at radius 1 is 1.35 bits per heavy atom. The first-order valence-corrected chi connectivity index (χ1v) is 6.16. The maximum absolute atomic E-state index is 5.80. The molecule has 1 aromatic carbocycles. The summed E-state index contributed by atoms with van der Waals surface area (Å²) in [6.07, 6.45) is 1.71. The number of nitrogens with zero attached hydrogens (tertiary/aromatic N) is 2. The molecule has 1 heterocycles. The number of aromatic nitrogens is 2. The Balaban J connectivity index is 2.22. The van der Waals surface area contributed by atoms with Gasteiger partial charge >= 0.3 is 0 Å². The van der Waals surface area contributed by atoms with Crippen molar-refractivity contribution < 1.29 is 4.74 Å². The van der Waals surface area contributed by atoms with Crippen molar-refractivity contribution in [1.82, 2.24) is 9.78 Å². The fourth-order valence-electron chi connectivity index (χ4n) is 1.52. The predicted octanol–water partition coefficient (Wildman–Crippen LogP) is 2.71. The van der Waals surface area contributed by atoms with Gasteiger partial charge in [-0.2, -0.15) is 5.10 Å². The first-order valence-electron chi connectivity index (χ1n) is 5.37. The topological polar surface area (TPSA) is 53.1 Å². The highest BCUT2D eigenvalue weighted by molar-refractivity contribution is 9.10. The van der Waals surface area contributed by atoms with Crippen LogP contribution in [0.25, 0.3) is 0 Å². The van der Waals surface area contributed by atoms with Crippen LogP contribution in [0.15, 0.2) is 34.9 Å². The molecule has 2 aromatic rings. The molecule has 0 aliphatic rings. The van der Waals surface area contributed by atoms with Gasteiger partial charge < -0.3 is 10.5 Å². The van der Waals surface area contributed by atoms with Crippen LogP contribution in [-0.4, -0.2) is 16.3 Å². The van der Waals surface area contributed by atoms with Crippen molar-refractivity contribution in [2.75, 3.05) is 6.54 Å². The Morgan fingerprint density at radius 2 is 2.12 bits per heavy atom. The molecule has 5 heteroatoms. The van der Waals surface area contributed by atoms with Crippen molar-refractivity contribution in [2.24, 2.45) is 5.73 Å². The normalized spacial score (nSPS) is 10.5. The highest BCUT2D eigenvalue weighted by Gasteiger charge is 2.09. The molecule has 90 valence electrons. The minimum Gasteiger partial charge on any atom is -0.453 e. The third-order valence-corrected chi connectivity index (χ3v) is 3.11. The molecular weight excluding hydrogens is 282 g/mol. The zero-order valence-corrected chi connectivity index (χ0v) is 11.1. The van der Waals surface area contributed by atoms with E-state index < -0.39 is 0 Å². The van der Waals surface area contributed by atoms with E-state index in [-0.39, 0.29) is 0 Å². The second-order valence-electron chi connectivity index (χ2n) is 3.64. The highest BCUT2D eigenvalue weighted by Crippen LogP contribution is 2.30. The number of hydrogen-bond acceptors (Lipinski definition) is 3. The zero-order valence-electron chi connectivity index (χ0n) is 9.56. The quantitative estimate of drug-likeness (QED) is 0.943. The Bertz CT molecular complexity index is 510.